The highest BCUT2D eigenvalue weighted by Gasteiger charge is 2.22. The molecule has 3 N–H and O–H groups in total. The Kier molecular flexibility index (Phi) is 10.8. The van der Waals surface area contributed by atoms with E-state index >= 15 is 0 Å². The fraction of sp³-hybridized carbons (Fsp3) is 0.857. The van der Waals surface area contributed by atoms with E-state index in [-0.39, 0.29) is 17.7 Å². The van der Waals surface area contributed by atoms with Crippen LogP contribution in [0.1, 0.15) is 46.0 Å². The summed E-state index contributed by atoms with van der Waals surface area (Å²) >= 11 is 0. The van der Waals surface area contributed by atoms with E-state index in [0.29, 0.717) is 26.1 Å². The lowest BCUT2D eigenvalue weighted by Crippen LogP contribution is -2.40. The Morgan fingerprint density at radius 3 is 2.35 bits per heavy atom. The van der Waals surface area contributed by atoms with E-state index in [1.807, 2.05) is 0 Å². The van der Waals surface area contributed by atoms with Crippen LogP contribution in [0.2, 0.25) is 0 Å². The Morgan fingerprint density at radius 1 is 1.30 bits per heavy atom. The van der Waals surface area contributed by atoms with Crippen molar-refractivity contribution in [3.63, 3.8) is 0 Å². The Balaban J connectivity index is 4.65. The van der Waals surface area contributed by atoms with Gasteiger partial charge in [0.1, 0.15) is 5.84 Å². The van der Waals surface area contributed by atoms with Gasteiger partial charge in [0.05, 0.1) is 6.61 Å². The molecule has 0 aromatic carbocycles. The molecule has 118 valence electrons. The number of rotatable bonds is 11. The number of methoxy groups -OCH3 is 1. The quantitative estimate of drug-likeness (QED) is 0.262. The SMILES string of the molecule is CCCC(CCC)C(=O)N(CCOC)CCC(N)=NO. The molecule has 20 heavy (non-hydrogen) atoms. The molecular weight excluding hydrogens is 258 g/mol. The molecule has 0 radical (unpaired) electrons. The van der Waals surface area contributed by atoms with Crippen LogP contribution in [-0.2, 0) is 9.53 Å². The molecule has 0 bridgehead atoms. The van der Waals surface area contributed by atoms with E-state index < -0.39 is 0 Å². The highest BCUT2D eigenvalue weighted by atomic mass is 16.5. The second-order valence-corrected chi connectivity index (χ2v) is 4.93. The standard InChI is InChI=1S/C14H29N3O3/c1-4-6-12(7-5-2)14(18)17(10-11-20-3)9-8-13(15)16-19/h12,19H,4-11H2,1-3H3,(H2,15,16). The second-order valence-electron chi connectivity index (χ2n) is 4.93. The van der Waals surface area contributed by atoms with Crippen LogP contribution in [0.3, 0.4) is 0 Å². The van der Waals surface area contributed by atoms with Crippen LogP contribution in [-0.4, -0.2) is 48.7 Å². The summed E-state index contributed by atoms with van der Waals surface area (Å²) < 4.78 is 5.05. The fourth-order valence-electron chi connectivity index (χ4n) is 2.18. The number of carbonyl (C=O) groups is 1. The molecule has 0 unspecified atom stereocenters. The highest BCUT2D eigenvalue weighted by molar-refractivity contribution is 5.82. The van der Waals surface area contributed by atoms with E-state index in [0.717, 1.165) is 25.7 Å². The molecule has 6 nitrogen and oxygen atoms in total. The molecule has 0 aliphatic heterocycles. The minimum absolute atomic E-state index is 0.0640. The smallest absolute Gasteiger partial charge is 0.225 e. The van der Waals surface area contributed by atoms with Crippen molar-refractivity contribution in [3.8, 4) is 0 Å². The van der Waals surface area contributed by atoms with E-state index in [4.69, 9.17) is 15.7 Å². The predicted octanol–water partition coefficient (Wildman–Crippen LogP) is 1.81. The average molecular weight is 287 g/mol. The second kappa shape index (κ2) is 11.5. The molecule has 6 heteroatoms. The molecule has 0 aliphatic carbocycles. The zero-order chi connectivity index (χ0) is 15.4. The zero-order valence-corrected chi connectivity index (χ0v) is 13.0. The third-order valence-corrected chi connectivity index (χ3v) is 3.27. The summed E-state index contributed by atoms with van der Waals surface area (Å²) in [7, 11) is 1.61. The van der Waals surface area contributed by atoms with Crippen molar-refractivity contribution in [3.05, 3.63) is 0 Å². The van der Waals surface area contributed by atoms with Crippen LogP contribution in [0, 0.1) is 5.92 Å². The lowest BCUT2D eigenvalue weighted by molar-refractivity contribution is -0.136. The summed E-state index contributed by atoms with van der Waals surface area (Å²) in [6, 6.07) is 0. The lowest BCUT2D eigenvalue weighted by Gasteiger charge is -2.27. The first-order chi connectivity index (χ1) is 9.60. The van der Waals surface area contributed by atoms with Crippen molar-refractivity contribution in [2.75, 3.05) is 26.8 Å². The number of nitrogens with two attached hydrogens (primary N) is 1. The van der Waals surface area contributed by atoms with Gasteiger partial charge in [-0.05, 0) is 12.8 Å². The molecule has 0 aromatic rings. The first kappa shape index (κ1) is 18.7. The number of hydrogen-bond acceptors (Lipinski definition) is 4. The van der Waals surface area contributed by atoms with Crippen molar-refractivity contribution >= 4 is 11.7 Å². The Bertz CT molecular complexity index is 289. The molecular formula is C14H29N3O3. The highest BCUT2D eigenvalue weighted by Crippen LogP contribution is 2.17. The van der Waals surface area contributed by atoms with Gasteiger partial charge in [0.25, 0.3) is 0 Å². The summed E-state index contributed by atoms with van der Waals surface area (Å²) in [6.45, 7) is 5.67. The number of carbonyl (C=O) groups excluding carboxylic acids is 1. The molecule has 0 spiro atoms. The Labute approximate surface area is 122 Å². The van der Waals surface area contributed by atoms with Gasteiger partial charge in [0.15, 0.2) is 0 Å². The summed E-state index contributed by atoms with van der Waals surface area (Å²) in [5, 5.41) is 11.5. The van der Waals surface area contributed by atoms with E-state index in [1.165, 1.54) is 0 Å². The zero-order valence-electron chi connectivity index (χ0n) is 13.0. The largest absolute Gasteiger partial charge is 0.409 e. The van der Waals surface area contributed by atoms with Gasteiger partial charge in [-0.15, -0.1) is 0 Å². The maximum Gasteiger partial charge on any atom is 0.225 e. The van der Waals surface area contributed by atoms with Gasteiger partial charge in [-0.25, -0.2) is 0 Å². The third kappa shape index (κ3) is 7.33. The van der Waals surface area contributed by atoms with Crippen LogP contribution < -0.4 is 5.73 Å². The van der Waals surface area contributed by atoms with Crippen LogP contribution in [0.25, 0.3) is 0 Å². The molecule has 0 saturated carbocycles. The first-order valence-electron chi connectivity index (χ1n) is 7.34. The number of oxime groups is 1. The predicted molar refractivity (Wildman–Crippen MR) is 79.8 cm³/mol. The van der Waals surface area contributed by atoms with Crippen LogP contribution in [0.15, 0.2) is 5.16 Å². The van der Waals surface area contributed by atoms with Gasteiger partial charge in [0, 0.05) is 32.5 Å². The van der Waals surface area contributed by atoms with E-state index in [2.05, 4.69) is 19.0 Å². The van der Waals surface area contributed by atoms with Gasteiger partial charge in [-0.2, -0.15) is 0 Å². The van der Waals surface area contributed by atoms with Crippen molar-refractivity contribution in [2.24, 2.45) is 16.8 Å². The van der Waals surface area contributed by atoms with Gasteiger partial charge in [-0.3, -0.25) is 4.79 Å². The van der Waals surface area contributed by atoms with E-state index in [9.17, 15) is 4.79 Å². The molecule has 0 aromatic heterocycles. The summed E-state index contributed by atoms with van der Waals surface area (Å²) in [4.78, 5) is 14.3. The monoisotopic (exact) mass is 287 g/mol. The van der Waals surface area contributed by atoms with Crippen molar-refractivity contribution < 1.29 is 14.7 Å². The molecule has 0 aliphatic rings. The number of amidine groups is 1. The maximum atomic E-state index is 12.6. The maximum absolute atomic E-state index is 12.6. The molecule has 0 atom stereocenters. The lowest BCUT2D eigenvalue weighted by atomic mass is 9.96. The summed E-state index contributed by atoms with van der Waals surface area (Å²) in [5.74, 6) is 0.355. The number of ether oxygens (including phenoxy) is 1. The molecule has 0 fully saturated rings. The Hall–Kier alpha value is -1.30. The van der Waals surface area contributed by atoms with E-state index in [1.54, 1.807) is 12.0 Å². The molecule has 0 saturated heterocycles. The van der Waals surface area contributed by atoms with Crippen molar-refractivity contribution in [1.29, 1.82) is 0 Å². The first-order valence-corrected chi connectivity index (χ1v) is 7.34. The molecule has 1 amide bonds. The van der Waals surface area contributed by atoms with Gasteiger partial charge >= 0.3 is 0 Å². The number of hydrogen-bond donors (Lipinski definition) is 2. The van der Waals surface area contributed by atoms with Crippen molar-refractivity contribution in [1.82, 2.24) is 4.90 Å². The van der Waals surface area contributed by atoms with Gasteiger partial charge < -0.3 is 20.6 Å². The summed E-state index contributed by atoms with van der Waals surface area (Å²) in [5.41, 5.74) is 5.47. The van der Waals surface area contributed by atoms with Crippen LogP contribution in [0.4, 0.5) is 0 Å². The van der Waals surface area contributed by atoms with Crippen LogP contribution >= 0.6 is 0 Å². The minimum Gasteiger partial charge on any atom is -0.409 e. The fourth-order valence-corrected chi connectivity index (χ4v) is 2.18. The Morgan fingerprint density at radius 2 is 1.90 bits per heavy atom. The minimum atomic E-state index is 0.0640. The molecule has 0 rings (SSSR count). The molecule has 0 heterocycles. The van der Waals surface area contributed by atoms with Crippen LogP contribution in [0.5, 0.6) is 0 Å². The third-order valence-electron chi connectivity index (χ3n) is 3.27. The normalized spacial score (nSPS) is 11.9. The number of nitrogens with zero attached hydrogens (tertiary/aromatic N) is 2. The topological polar surface area (TPSA) is 88.2 Å². The summed E-state index contributed by atoms with van der Waals surface area (Å²) in [6.07, 6.45) is 4.17. The number of amides is 1. The average Bonchev–Trinajstić information content (AvgIpc) is 2.46. The van der Waals surface area contributed by atoms with Gasteiger partial charge in [0.2, 0.25) is 5.91 Å². The van der Waals surface area contributed by atoms with Gasteiger partial charge in [-0.1, -0.05) is 31.8 Å². The van der Waals surface area contributed by atoms with Crippen molar-refractivity contribution in [2.45, 2.75) is 46.0 Å².